The molecule has 0 saturated carbocycles. The molecule has 0 atom stereocenters. The van der Waals surface area contributed by atoms with Crippen LogP contribution in [0.5, 0.6) is 0 Å². The van der Waals surface area contributed by atoms with Crippen molar-refractivity contribution >= 4 is 16.9 Å². The maximum absolute atomic E-state index is 11.1. The molecule has 0 fully saturated rings. The Balaban J connectivity index is 2.12. The summed E-state index contributed by atoms with van der Waals surface area (Å²) in [6.07, 6.45) is 2.22. The fourth-order valence-corrected chi connectivity index (χ4v) is 2.17. The van der Waals surface area contributed by atoms with Crippen molar-refractivity contribution in [2.75, 3.05) is 7.11 Å². The zero-order valence-electron chi connectivity index (χ0n) is 10.2. The number of hydrogen-bond acceptors (Lipinski definition) is 2. The smallest absolute Gasteiger partial charge is 0.305 e. The number of aromatic nitrogens is 1. The first-order valence-corrected chi connectivity index (χ1v) is 5.85. The Hall–Kier alpha value is -1.77. The van der Waals surface area contributed by atoms with Gasteiger partial charge in [-0.05, 0) is 31.4 Å². The number of aryl methyl sites for hydroxylation is 2. The third kappa shape index (κ3) is 2.49. The van der Waals surface area contributed by atoms with Gasteiger partial charge in [-0.15, -0.1) is 0 Å². The first-order valence-electron chi connectivity index (χ1n) is 5.85. The summed E-state index contributed by atoms with van der Waals surface area (Å²) in [5.41, 5.74) is 3.67. The van der Waals surface area contributed by atoms with Crippen molar-refractivity contribution in [3.63, 3.8) is 0 Å². The summed E-state index contributed by atoms with van der Waals surface area (Å²) in [5.74, 6) is -0.137. The van der Waals surface area contributed by atoms with Crippen LogP contribution in [0.3, 0.4) is 0 Å². The van der Waals surface area contributed by atoms with E-state index in [9.17, 15) is 4.79 Å². The predicted molar refractivity (Wildman–Crippen MR) is 68.0 cm³/mol. The van der Waals surface area contributed by atoms with Crippen LogP contribution in [0.25, 0.3) is 10.9 Å². The Kier molecular flexibility index (Phi) is 3.47. The quantitative estimate of drug-likeness (QED) is 0.822. The minimum atomic E-state index is -0.137. The number of carbonyl (C=O) groups excluding carboxylic acids is 1. The van der Waals surface area contributed by atoms with E-state index in [-0.39, 0.29) is 5.97 Å². The van der Waals surface area contributed by atoms with E-state index in [0.717, 1.165) is 18.4 Å². The molecule has 1 heterocycles. The number of methoxy groups -OCH3 is 1. The van der Waals surface area contributed by atoms with Crippen LogP contribution in [-0.4, -0.2) is 18.1 Å². The van der Waals surface area contributed by atoms with Crippen molar-refractivity contribution in [3.05, 3.63) is 35.5 Å². The number of esters is 1. The van der Waals surface area contributed by atoms with Crippen LogP contribution in [0.1, 0.15) is 24.1 Å². The van der Waals surface area contributed by atoms with Gasteiger partial charge in [0.15, 0.2) is 0 Å². The molecule has 2 aromatic rings. The van der Waals surface area contributed by atoms with Gasteiger partial charge in [0.25, 0.3) is 0 Å². The molecule has 0 amide bonds. The van der Waals surface area contributed by atoms with Gasteiger partial charge in [-0.2, -0.15) is 0 Å². The van der Waals surface area contributed by atoms with E-state index in [2.05, 4.69) is 28.8 Å². The molecule has 0 aliphatic heterocycles. The number of para-hydroxylation sites is 1. The Morgan fingerprint density at radius 1 is 1.35 bits per heavy atom. The van der Waals surface area contributed by atoms with Gasteiger partial charge in [0.05, 0.1) is 7.11 Å². The van der Waals surface area contributed by atoms with Crippen molar-refractivity contribution in [1.82, 2.24) is 4.98 Å². The molecule has 17 heavy (non-hydrogen) atoms. The van der Waals surface area contributed by atoms with E-state index in [0.29, 0.717) is 6.42 Å². The van der Waals surface area contributed by atoms with Crippen LogP contribution in [0, 0.1) is 6.92 Å². The van der Waals surface area contributed by atoms with Gasteiger partial charge in [-0.25, -0.2) is 0 Å². The molecule has 0 saturated heterocycles. The number of rotatable bonds is 4. The molecule has 3 nitrogen and oxygen atoms in total. The van der Waals surface area contributed by atoms with Crippen molar-refractivity contribution < 1.29 is 9.53 Å². The summed E-state index contributed by atoms with van der Waals surface area (Å²) in [5, 5.41) is 1.26. The number of benzene rings is 1. The minimum absolute atomic E-state index is 0.137. The van der Waals surface area contributed by atoms with Gasteiger partial charge in [0.2, 0.25) is 0 Å². The van der Waals surface area contributed by atoms with E-state index in [1.165, 1.54) is 23.8 Å². The maximum Gasteiger partial charge on any atom is 0.305 e. The van der Waals surface area contributed by atoms with E-state index in [1.807, 2.05) is 12.1 Å². The van der Waals surface area contributed by atoms with E-state index >= 15 is 0 Å². The molecule has 1 N–H and O–H groups in total. The minimum Gasteiger partial charge on any atom is -0.469 e. The fourth-order valence-electron chi connectivity index (χ4n) is 2.17. The molecule has 0 aliphatic carbocycles. The number of nitrogens with one attached hydrogen (secondary N) is 1. The fraction of sp³-hybridized carbons (Fsp3) is 0.357. The van der Waals surface area contributed by atoms with Crippen molar-refractivity contribution in [3.8, 4) is 0 Å². The van der Waals surface area contributed by atoms with Gasteiger partial charge in [-0.1, -0.05) is 18.2 Å². The zero-order chi connectivity index (χ0) is 12.3. The number of carbonyl (C=O) groups is 1. The van der Waals surface area contributed by atoms with Crippen LogP contribution in [-0.2, 0) is 16.0 Å². The third-order valence-corrected chi connectivity index (χ3v) is 3.06. The van der Waals surface area contributed by atoms with Crippen molar-refractivity contribution in [1.29, 1.82) is 0 Å². The molecular weight excluding hydrogens is 214 g/mol. The normalized spacial score (nSPS) is 10.7. The molecule has 1 aromatic heterocycles. The van der Waals surface area contributed by atoms with Gasteiger partial charge >= 0.3 is 5.97 Å². The van der Waals surface area contributed by atoms with Crippen LogP contribution in [0.15, 0.2) is 24.3 Å². The highest BCUT2D eigenvalue weighted by atomic mass is 16.5. The summed E-state index contributed by atoms with van der Waals surface area (Å²) in [4.78, 5) is 14.4. The van der Waals surface area contributed by atoms with E-state index < -0.39 is 0 Å². The lowest BCUT2D eigenvalue weighted by Crippen LogP contribution is -2.00. The number of aromatic amines is 1. The van der Waals surface area contributed by atoms with Gasteiger partial charge in [0, 0.05) is 23.0 Å². The second-order valence-corrected chi connectivity index (χ2v) is 4.20. The Morgan fingerprint density at radius 2 is 2.12 bits per heavy atom. The van der Waals surface area contributed by atoms with Crippen molar-refractivity contribution in [2.45, 2.75) is 26.2 Å². The topological polar surface area (TPSA) is 42.1 Å². The summed E-state index contributed by atoms with van der Waals surface area (Å²) < 4.78 is 4.64. The Bertz CT molecular complexity index is 528. The maximum atomic E-state index is 11.1. The third-order valence-electron chi connectivity index (χ3n) is 3.06. The number of H-pyrrole nitrogens is 1. The first kappa shape index (κ1) is 11.7. The molecule has 0 bridgehead atoms. The zero-order valence-corrected chi connectivity index (χ0v) is 10.2. The molecule has 0 spiro atoms. The lowest BCUT2D eigenvalue weighted by molar-refractivity contribution is -0.140. The van der Waals surface area contributed by atoms with Crippen LogP contribution >= 0.6 is 0 Å². The highest BCUT2D eigenvalue weighted by Gasteiger charge is 2.08. The molecule has 0 radical (unpaired) electrons. The highest BCUT2D eigenvalue weighted by Crippen LogP contribution is 2.23. The molecular formula is C14H17NO2. The Labute approximate surface area is 101 Å². The second-order valence-electron chi connectivity index (χ2n) is 4.20. The molecule has 0 unspecified atom stereocenters. The SMILES string of the molecule is COC(=O)CCCc1c(C)[nH]c2ccccc12. The summed E-state index contributed by atoms with van der Waals surface area (Å²) in [7, 11) is 1.43. The number of hydrogen-bond donors (Lipinski definition) is 1. The van der Waals surface area contributed by atoms with Crippen molar-refractivity contribution in [2.24, 2.45) is 0 Å². The Morgan fingerprint density at radius 3 is 2.88 bits per heavy atom. The van der Waals surface area contributed by atoms with Crippen LogP contribution < -0.4 is 0 Å². The number of ether oxygens (including phenoxy) is 1. The number of fused-ring (bicyclic) bond motifs is 1. The predicted octanol–water partition coefficient (Wildman–Crippen LogP) is 2.97. The van der Waals surface area contributed by atoms with Crippen LogP contribution in [0.4, 0.5) is 0 Å². The average molecular weight is 231 g/mol. The lowest BCUT2D eigenvalue weighted by Gasteiger charge is -2.01. The standard InChI is InChI=1S/C14H17NO2/c1-10-11(7-5-9-14(16)17-2)12-6-3-4-8-13(12)15-10/h3-4,6,8,15H,5,7,9H2,1-2H3. The van der Waals surface area contributed by atoms with Gasteiger partial charge in [0.1, 0.15) is 0 Å². The summed E-state index contributed by atoms with van der Waals surface area (Å²) in [6.45, 7) is 2.08. The average Bonchev–Trinajstić information content (AvgIpc) is 2.66. The van der Waals surface area contributed by atoms with E-state index in [1.54, 1.807) is 0 Å². The largest absolute Gasteiger partial charge is 0.469 e. The first-order chi connectivity index (χ1) is 8.22. The second kappa shape index (κ2) is 5.04. The van der Waals surface area contributed by atoms with Gasteiger partial charge in [-0.3, -0.25) is 4.79 Å². The molecule has 2 rings (SSSR count). The van der Waals surface area contributed by atoms with E-state index in [4.69, 9.17) is 0 Å². The lowest BCUT2D eigenvalue weighted by atomic mass is 10.0. The highest BCUT2D eigenvalue weighted by molar-refractivity contribution is 5.84. The summed E-state index contributed by atoms with van der Waals surface area (Å²) in [6, 6.07) is 8.26. The van der Waals surface area contributed by atoms with Gasteiger partial charge < -0.3 is 9.72 Å². The molecule has 1 aromatic carbocycles. The molecule has 0 aliphatic rings. The monoisotopic (exact) mass is 231 g/mol. The summed E-state index contributed by atoms with van der Waals surface area (Å²) >= 11 is 0. The van der Waals surface area contributed by atoms with Crippen LogP contribution in [0.2, 0.25) is 0 Å². The molecule has 90 valence electrons. The molecule has 3 heteroatoms.